The predicted molar refractivity (Wildman–Crippen MR) is 78.4 cm³/mol. The van der Waals surface area contributed by atoms with Crippen LogP contribution in [0.3, 0.4) is 0 Å². The quantitative estimate of drug-likeness (QED) is 0.835. The Kier molecular flexibility index (Phi) is 3.76. The van der Waals surface area contributed by atoms with Crippen molar-refractivity contribution in [3.05, 3.63) is 36.5 Å². The summed E-state index contributed by atoms with van der Waals surface area (Å²) in [6, 6.07) is 2.99. The van der Waals surface area contributed by atoms with Gasteiger partial charge in [-0.05, 0) is 12.1 Å². The second kappa shape index (κ2) is 5.61. The van der Waals surface area contributed by atoms with Crippen molar-refractivity contribution in [3.8, 4) is 0 Å². The molecule has 0 saturated carbocycles. The number of carbonyl (C=O) groups excluding carboxylic acids is 1. The summed E-state index contributed by atoms with van der Waals surface area (Å²) >= 11 is 0. The fraction of sp³-hybridized carbons (Fsp3) is 0.308. The first-order valence-electron chi connectivity index (χ1n) is 6.77. The summed E-state index contributed by atoms with van der Waals surface area (Å²) in [5.41, 5.74) is 0. The zero-order valence-electron chi connectivity index (χ0n) is 12.2. The van der Waals surface area contributed by atoms with Gasteiger partial charge in [0.15, 0.2) is 10.8 Å². The second-order valence-electron chi connectivity index (χ2n) is 5.23. The zero-order chi connectivity index (χ0) is 16.6. The fourth-order valence-electron chi connectivity index (χ4n) is 2.27. The van der Waals surface area contributed by atoms with Crippen LogP contribution in [-0.2, 0) is 21.9 Å². The normalized spacial score (nSPS) is 15.3. The van der Waals surface area contributed by atoms with Crippen molar-refractivity contribution in [2.75, 3.05) is 18.0 Å². The van der Waals surface area contributed by atoms with Crippen LogP contribution in [-0.4, -0.2) is 41.9 Å². The van der Waals surface area contributed by atoms with E-state index in [0.717, 1.165) is 12.4 Å². The van der Waals surface area contributed by atoms with E-state index >= 15 is 0 Å². The number of amides is 1. The van der Waals surface area contributed by atoms with Gasteiger partial charge in [0, 0.05) is 26.3 Å². The summed E-state index contributed by atoms with van der Waals surface area (Å²) in [6.07, 6.45) is 3.65. The first-order chi connectivity index (χ1) is 10.9. The van der Waals surface area contributed by atoms with Crippen molar-refractivity contribution < 1.29 is 17.6 Å². The van der Waals surface area contributed by atoms with Crippen LogP contribution in [0.1, 0.15) is 0 Å². The van der Waals surface area contributed by atoms with E-state index in [9.17, 15) is 17.6 Å². The van der Waals surface area contributed by atoms with Crippen LogP contribution in [0.5, 0.6) is 0 Å². The van der Waals surface area contributed by atoms with E-state index in [1.807, 2.05) is 0 Å². The fourth-order valence-corrected chi connectivity index (χ4v) is 3.50. The van der Waals surface area contributed by atoms with Crippen LogP contribution in [0.15, 0.2) is 35.7 Å². The van der Waals surface area contributed by atoms with Gasteiger partial charge in [-0.25, -0.2) is 19.1 Å². The zero-order valence-corrected chi connectivity index (χ0v) is 13.0. The molecule has 2 aromatic heterocycles. The summed E-state index contributed by atoms with van der Waals surface area (Å²) in [4.78, 5) is 21.3. The Morgan fingerprint density at radius 1 is 1.35 bits per heavy atom. The molecule has 0 unspecified atom stereocenters. The van der Waals surface area contributed by atoms with E-state index in [-0.39, 0.29) is 18.1 Å². The summed E-state index contributed by atoms with van der Waals surface area (Å²) in [6.45, 7) is 0.556. The molecular formula is C13H14FN5O3S. The highest BCUT2D eigenvalue weighted by atomic mass is 32.2. The third kappa shape index (κ3) is 3.02. The molecule has 10 heteroatoms. The monoisotopic (exact) mass is 339 g/mol. The number of aryl methyl sites for hydroxylation is 1. The van der Waals surface area contributed by atoms with Crippen molar-refractivity contribution >= 4 is 21.9 Å². The molecule has 3 rings (SSSR count). The molecule has 23 heavy (non-hydrogen) atoms. The van der Waals surface area contributed by atoms with E-state index < -0.39 is 27.7 Å². The Hall–Kier alpha value is -2.49. The lowest BCUT2D eigenvalue weighted by molar-refractivity contribution is -0.123. The van der Waals surface area contributed by atoms with Gasteiger partial charge in [-0.1, -0.05) is 0 Å². The van der Waals surface area contributed by atoms with Gasteiger partial charge in [0.1, 0.15) is 0 Å². The highest BCUT2D eigenvalue weighted by molar-refractivity contribution is 7.90. The van der Waals surface area contributed by atoms with Crippen molar-refractivity contribution in [2.24, 2.45) is 13.0 Å². The van der Waals surface area contributed by atoms with E-state index in [0.29, 0.717) is 5.95 Å². The first-order valence-corrected chi connectivity index (χ1v) is 8.25. The number of nitrogens with one attached hydrogen (secondary N) is 1. The van der Waals surface area contributed by atoms with Crippen LogP contribution in [0.25, 0.3) is 0 Å². The largest absolute Gasteiger partial charge is 0.340 e. The van der Waals surface area contributed by atoms with Crippen LogP contribution in [0.2, 0.25) is 0 Å². The number of aromatic nitrogens is 3. The van der Waals surface area contributed by atoms with Gasteiger partial charge >= 0.3 is 0 Å². The first kappa shape index (κ1) is 15.4. The van der Waals surface area contributed by atoms with Crippen LogP contribution in [0, 0.1) is 11.7 Å². The molecule has 1 saturated heterocycles. The van der Waals surface area contributed by atoms with Gasteiger partial charge in [-0.2, -0.15) is 8.42 Å². The molecule has 8 nitrogen and oxygen atoms in total. The van der Waals surface area contributed by atoms with Gasteiger partial charge in [-0.3, -0.25) is 4.79 Å². The molecule has 1 amide bonds. The van der Waals surface area contributed by atoms with E-state index in [2.05, 4.69) is 14.7 Å². The van der Waals surface area contributed by atoms with Crippen molar-refractivity contribution in [1.82, 2.24) is 19.3 Å². The number of hydrogen-bond donors (Lipinski definition) is 1. The van der Waals surface area contributed by atoms with Crippen LogP contribution < -0.4 is 9.62 Å². The molecule has 0 bridgehead atoms. The van der Waals surface area contributed by atoms with Gasteiger partial charge in [0.2, 0.25) is 11.9 Å². The minimum atomic E-state index is -3.89. The molecule has 0 atom stereocenters. The minimum Gasteiger partial charge on any atom is -0.340 e. The number of rotatable bonds is 4. The molecule has 2 aromatic rings. The maximum atomic E-state index is 12.8. The molecule has 0 spiro atoms. The average Bonchev–Trinajstić information content (AvgIpc) is 2.86. The Labute approximate surface area is 132 Å². The highest BCUT2D eigenvalue weighted by Gasteiger charge is 2.36. The lowest BCUT2D eigenvalue weighted by Crippen LogP contribution is -2.55. The van der Waals surface area contributed by atoms with Crippen molar-refractivity contribution in [1.29, 1.82) is 0 Å². The van der Waals surface area contributed by atoms with Gasteiger partial charge in [0.05, 0.1) is 18.3 Å². The summed E-state index contributed by atoms with van der Waals surface area (Å²) in [7, 11) is -2.31. The number of sulfonamides is 1. The van der Waals surface area contributed by atoms with E-state index in [1.165, 1.54) is 10.6 Å². The molecule has 1 N–H and O–H groups in total. The Balaban J connectivity index is 1.61. The van der Waals surface area contributed by atoms with Crippen molar-refractivity contribution in [3.63, 3.8) is 0 Å². The lowest BCUT2D eigenvalue weighted by Gasteiger charge is -2.37. The van der Waals surface area contributed by atoms with Crippen LogP contribution >= 0.6 is 0 Å². The number of anilines is 1. The standard InChI is InChI=1S/C13H14FN5O3S/c1-18-4-2-3-11(18)23(21,22)17-12(20)9-7-19(8-9)13-15-5-10(14)6-16-13/h2-6,9H,7-8H2,1H3,(H,17,20). The molecule has 1 aliphatic rings. The van der Waals surface area contributed by atoms with E-state index in [1.54, 1.807) is 24.2 Å². The number of hydrogen-bond acceptors (Lipinski definition) is 6. The second-order valence-corrected chi connectivity index (χ2v) is 6.86. The number of halogens is 1. The molecule has 0 aliphatic carbocycles. The SMILES string of the molecule is Cn1cccc1S(=O)(=O)NC(=O)C1CN(c2ncc(F)cn2)C1. The van der Waals surface area contributed by atoms with Crippen molar-refractivity contribution in [2.45, 2.75) is 5.03 Å². The van der Waals surface area contributed by atoms with Crippen LogP contribution in [0.4, 0.5) is 10.3 Å². The molecule has 1 fully saturated rings. The molecular weight excluding hydrogens is 325 g/mol. The third-order valence-electron chi connectivity index (χ3n) is 3.55. The summed E-state index contributed by atoms with van der Waals surface area (Å²) in [5, 5.41) is 0.0175. The van der Waals surface area contributed by atoms with Gasteiger partial charge < -0.3 is 9.47 Å². The maximum absolute atomic E-state index is 12.8. The van der Waals surface area contributed by atoms with Gasteiger partial charge in [0.25, 0.3) is 10.0 Å². The number of nitrogens with zero attached hydrogens (tertiary/aromatic N) is 4. The Morgan fingerprint density at radius 2 is 2.00 bits per heavy atom. The third-order valence-corrected chi connectivity index (χ3v) is 4.99. The molecule has 122 valence electrons. The predicted octanol–water partition coefficient (Wildman–Crippen LogP) is -0.105. The lowest BCUT2D eigenvalue weighted by atomic mass is 10.0. The Bertz CT molecular complexity index is 828. The van der Waals surface area contributed by atoms with Gasteiger partial charge in [-0.15, -0.1) is 0 Å². The molecule has 0 radical (unpaired) electrons. The maximum Gasteiger partial charge on any atom is 0.279 e. The topological polar surface area (TPSA) is 97.2 Å². The minimum absolute atomic E-state index is 0.0175. The summed E-state index contributed by atoms with van der Waals surface area (Å²) in [5.74, 6) is -1.30. The molecule has 1 aliphatic heterocycles. The highest BCUT2D eigenvalue weighted by Crippen LogP contribution is 2.21. The Morgan fingerprint density at radius 3 is 2.57 bits per heavy atom. The average molecular weight is 339 g/mol. The number of carbonyl (C=O) groups is 1. The van der Waals surface area contributed by atoms with E-state index in [4.69, 9.17) is 0 Å². The smallest absolute Gasteiger partial charge is 0.279 e. The summed E-state index contributed by atoms with van der Waals surface area (Å²) < 4.78 is 40.5. The molecule has 0 aromatic carbocycles. The molecule has 3 heterocycles.